The SMILES string of the molecule is Cc1ccc2oc(C(O)c3cccc(F)c3F)cc2c1. The molecule has 1 unspecified atom stereocenters. The van der Waals surface area contributed by atoms with Crippen LogP contribution in [-0.4, -0.2) is 5.11 Å². The van der Waals surface area contributed by atoms with E-state index in [1.54, 1.807) is 12.1 Å². The van der Waals surface area contributed by atoms with Crippen LogP contribution in [0.4, 0.5) is 8.78 Å². The van der Waals surface area contributed by atoms with Crippen molar-refractivity contribution in [3.63, 3.8) is 0 Å². The van der Waals surface area contributed by atoms with Gasteiger partial charge in [-0.25, -0.2) is 8.78 Å². The number of hydrogen-bond donors (Lipinski definition) is 1. The van der Waals surface area contributed by atoms with E-state index in [1.807, 2.05) is 19.1 Å². The molecule has 0 fully saturated rings. The molecule has 0 aliphatic carbocycles. The number of furan rings is 1. The molecule has 20 heavy (non-hydrogen) atoms. The highest BCUT2D eigenvalue weighted by Gasteiger charge is 2.21. The number of benzene rings is 2. The van der Waals surface area contributed by atoms with Gasteiger partial charge in [0.05, 0.1) is 0 Å². The topological polar surface area (TPSA) is 33.4 Å². The molecule has 0 radical (unpaired) electrons. The molecule has 1 aromatic heterocycles. The first kappa shape index (κ1) is 12.8. The van der Waals surface area contributed by atoms with Crippen LogP contribution < -0.4 is 0 Å². The molecule has 102 valence electrons. The Balaban J connectivity index is 2.08. The van der Waals surface area contributed by atoms with Crippen LogP contribution in [0.25, 0.3) is 11.0 Å². The smallest absolute Gasteiger partial charge is 0.165 e. The third-order valence-corrected chi connectivity index (χ3v) is 3.24. The molecule has 0 amide bonds. The number of fused-ring (bicyclic) bond motifs is 1. The zero-order chi connectivity index (χ0) is 14.3. The zero-order valence-electron chi connectivity index (χ0n) is 10.7. The minimum absolute atomic E-state index is 0.138. The minimum Gasteiger partial charge on any atom is -0.458 e. The summed E-state index contributed by atoms with van der Waals surface area (Å²) in [6.07, 6.45) is -1.33. The first-order valence-electron chi connectivity index (χ1n) is 6.18. The summed E-state index contributed by atoms with van der Waals surface area (Å²) in [6, 6.07) is 10.9. The van der Waals surface area contributed by atoms with Crippen LogP contribution >= 0.6 is 0 Å². The maximum Gasteiger partial charge on any atom is 0.165 e. The van der Waals surface area contributed by atoms with Crippen molar-refractivity contribution in [3.8, 4) is 0 Å². The van der Waals surface area contributed by atoms with Gasteiger partial charge < -0.3 is 9.52 Å². The Hall–Kier alpha value is -2.20. The quantitative estimate of drug-likeness (QED) is 0.763. The molecule has 0 spiro atoms. The third kappa shape index (κ3) is 2.08. The lowest BCUT2D eigenvalue weighted by Gasteiger charge is -2.09. The fourth-order valence-corrected chi connectivity index (χ4v) is 2.20. The summed E-state index contributed by atoms with van der Waals surface area (Å²) in [5.74, 6) is -1.86. The molecule has 2 nitrogen and oxygen atoms in total. The van der Waals surface area contributed by atoms with Crippen molar-refractivity contribution in [1.82, 2.24) is 0 Å². The number of halogens is 2. The summed E-state index contributed by atoms with van der Waals surface area (Å²) in [4.78, 5) is 0. The van der Waals surface area contributed by atoms with E-state index in [-0.39, 0.29) is 11.3 Å². The van der Waals surface area contributed by atoms with Crippen molar-refractivity contribution in [2.45, 2.75) is 13.0 Å². The van der Waals surface area contributed by atoms with Gasteiger partial charge in [0.2, 0.25) is 0 Å². The van der Waals surface area contributed by atoms with Crippen molar-refractivity contribution in [3.05, 3.63) is 71.0 Å². The van der Waals surface area contributed by atoms with Crippen molar-refractivity contribution < 1.29 is 18.3 Å². The lowest BCUT2D eigenvalue weighted by molar-refractivity contribution is 0.186. The van der Waals surface area contributed by atoms with Gasteiger partial charge in [-0.15, -0.1) is 0 Å². The molecule has 0 saturated heterocycles. The molecule has 3 rings (SSSR count). The Morgan fingerprint density at radius 1 is 1.10 bits per heavy atom. The first-order valence-corrected chi connectivity index (χ1v) is 6.18. The van der Waals surface area contributed by atoms with Crippen LogP contribution in [0.15, 0.2) is 46.9 Å². The number of aryl methyl sites for hydroxylation is 1. The normalized spacial score (nSPS) is 12.8. The highest BCUT2D eigenvalue weighted by Crippen LogP contribution is 2.30. The maximum atomic E-state index is 13.7. The molecule has 0 aliphatic heterocycles. The van der Waals surface area contributed by atoms with E-state index in [0.717, 1.165) is 17.0 Å². The minimum atomic E-state index is -1.33. The van der Waals surface area contributed by atoms with E-state index in [1.165, 1.54) is 12.1 Å². The molecule has 3 aromatic rings. The van der Waals surface area contributed by atoms with Crippen molar-refractivity contribution >= 4 is 11.0 Å². The van der Waals surface area contributed by atoms with E-state index in [9.17, 15) is 13.9 Å². The van der Waals surface area contributed by atoms with E-state index in [4.69, 9.17) is 4.42 Å². The maximum absolute atomic E-state index is 13.7. The van der Waals surface area contributed by atoms with Gasteiger partial charge in [-0.05, 0) is 31.2 Å². The Morgan fingerprint density at radius 2 is 1.90 bits per heavy atom. The van der Waals surface area contributed by atoms with Crippen LogP contribution in [0.1, 0.15) is 23.0 Å². The lowest BCUT2D eigenvalue weighted by Crippen LogP contribution is -2.02. The van der Waals surface area contributed by atoms with Gasteiger partial charge in [-0.2, -0.15) is 0 Å². The molecule has 0 saturated carbocycles. The van der Waals surface area contributed by atoms with Crippen LogP contribution in [0.2, 0.25) is 0 Å². The van der Waals surface area contributed by atoms with Gasteiger partial charge in [0.15, 0.2) is 11.6 Å². The first-order chi connectivity index (χ1) is 9.56. The molecule has 1 N–H and O–H groups in total. The number of aliphatic hydroxyl groups is 1. The third-order valence-electron chi connectivity index (χ3n) is 3.24. The van der Waals surface area contributed by atoms with E-state index in [2.05, 4.69) is 0 Å². The molecule has 2 aromatic carbocycles. The molecule has 1 heterocycles. The second-order valence-corrected chi connectivity index (χ2v) is 4.74. The van der Waals surface area contributed by atoms with E-state index in [0.29, 0.717) is 5.58 Å². The molecule has 1 atom stereocenters. The highest BCUT2D eigenvalue weighted by atomic mass is 19.2. The molecule has 0 aliphatic rings. The predicted molar refractivity (Wildman–Crippen MR) is 71.4 cm³/mol. The van der Waals surface area contributed by atoms with Crippen LogP contribution in [0.3, 0.4) is 0 Å². The summed E-state index contributed by atoms with van der Waals surface area (Å²) in [6.45, 7) is 1.94. The average Bonchev–Trinajstić information content (AvgIpc) is 2.84. The van der Waals surface area contributed by atoms with Crippen molar-refractivity contribution in [1.29, 1.82) is 0 Å². The summed E-state index contributed by atoms with van der Waals surface area (Å²) in [5, 5.41) is 11.0. The van der Waals surface area contributed by atoms with Gasteiger partial charge in [0, 0.05) is 10.9 Å². The summed E-state index contributed by atoms with van der Waals surface area (Å²) in [5.41, 5.74) is 1.51. The van der Waals surface area contributed by atoms with E-state index >= 15 is 0 Å². The van der Waals surface area contributed by atoms with Gasteiger partial charge in [-0.3, -0.25) is 0 Å². The summed E-state index contributed by atoms with van der Waals surface area (Å²) >= 11 is 0. The molecule has 0 bridgehead atoms. The monoisotopic (exact) mass is 274 g/mol. The van der Waals surface area contributed by atoms with Crippen molar-refractivity contribution in [2.75, 3.05) is 0 Å². The number of rotatable bonds is 2. The molecular weight excluding hydrogens is 262 g/mol. The van der Waals surface area contributed by atoms with Crippen LogP contribution in [-0.2, 0) is 0 Å². The largest absolute Gasteiger partial charge is 0.458 e. The summed E-state index contributed by atoms with van der Waals surface area (Å²) < 4.78 is 32.4. The molecular formula is C16H12F2O2. The molecule has 4 heteroatoms. The van der Waals surface area contributed by atoms with Gasteiger partial charge in [0.25, 0.3) is 0 Å². The second kappa shape index (κ2) is 4.72. The average molecular weight is 274 g/mol. The highest BCUT2D eigenvalue weighted by molar-refractivity contribution is 5.78. The van der Waals surface area contributed by atoms with Gasteiger partial charge >= 0.3 is 0 Å². The van der Waals surface area contributed by atoms with Gasteiger partial charge in [-0.1, -0.05) is 23.8 Å². The number of hydrogen-bond acceptors (Lipinski definition) is 2. The fraction of sp³-hybridized carbons (Fsp3) is 0.125. The number of aliphatic hydroxyl groups excluding tert-OH is 1. The Morgan fingerprint density at radius 3 is 2.70 bits per heavy atom. The van der Waals surface area contributed by atoms with Gasteiger partial charge in [0.1, 0.15) is 17.4 Å². The predicted octanol–water partition coefficient (Wildman–Crippen LogP) is 4.10. The fourth-order valence-electron chi connectivity index (χ4n) is 2.20. The Bertz CT molecular complexity index is 777. The standard InChI is InChI=1S/C16H12F2O2/c1-9-5-6-13-10(7-9)8-14(20-13)16(19)11-3-2-4-12(17)15(11)18/h2-8,16,19H,1H3. The van der Waals surface area contributed by atoms with Crippen LogP contribution in [0, 0.1) is 18.6 Å². The Labute approximate surface area is 114 Å². The van der Waals surface area contributed by atoms with E-state index < -0.39 is 17.7 Å². The van der Waals surface area contributed by atoms with Crippen LogP contribution in [0.5, 0.6) is 0 Å². The lowest BCUT2D eigenvalue weighted by atomic mass is 10.1. The second-order valence-electron chi connectivity index (χ2n) is 4.74. The summed E-state index contributed by atoms with van der Waals surface area (Å²) in [7, 11) is 0. The zero-order valence-corrected chi connectivity index (χ0v) is 10.7. The van der Waals surface area contributed by atoms with Crippen molar-refractivity contribution in [2.24, 2.45) is 0 Å². The Kier molecular flexibility index (Phi) is 3.03.